The number of aliphatic hydroxyl groups is 2. The maximum absolute atomic E-state index is 12.7. The standard InChI is InChI=1S/C13H15F3N2O4/c14-13(15,16)9-1-2-10(11(5-9)18(21)22)17-4-3-8(7-19)12(20)6-17/h1-2,5,8,12,19-20H,3-4,6-7H2. The summed E-state index contributed by atoms with van der Waals surface area (Å²) in [4.78, 5) is 11.7. The van der Waals surface area contributed by atoms with Gasteiger partial charge in [0.05, 0.1) is 16.6 Å². The number of halogens is 3. The van der Waals surface area contributed by atoms with Crippen LogP contribution < -0.4 is 4.90 Å². The minimum absolute atomic E-state index is 0.0252. The van der Waals surface area contributed by atoms with Crippen LogP contribution in [0.5, 0.6) is 0 Å². The van der Waals surface area contributed by atoms with Crippen molar-refractivity contribution < 1.29 is 28.3 Å². The molecule has 2 N–H and O–H groups in total. The molecule has 22 heavy (non-hydrogen) atoms. The van der Waals surface area contributed by atoms with E-state index in [0.29, 0.717) is 19.0 Å². The van der Waals surface area contributed by atoms with Crippen LogP contribution in [0.1, 0.15) is 12.0 Å². The molecule has 0 spiro atoms. The minimum Gasteiger partial charge on any atom is -0.396 e. The largest absolute Gasteiger partial charge is 0.416 e. The van der Waals surface area contributed by atoms with Gasteiger partial charge in [-0.1, -0.05) is 0 Å². The Kier molecular flexibility index (Phi) is 4.57. The lowest BCUT2D eigenvalue weighted by Gasteiger charge is -2.36. The molecule has 0 bridgehead atoms. The summed E-state index contributed by atoms with van der Waals surface area (Å²) in [6.45, 7) is 0.135. The Hall–Kier alpha value is -1.87. The Morgan fingerprint density at radius 2 is 2.09 bits per heavy atom. The maximum atomic E-state index is 12.7. The van der Waals surface area contributed by atoms with Gasteiger partial charge in [-0.15, -0.1) is 0 Å². The number of alkyl halides is 3. The van der Waals surface area contributed by atoms with Crippen molar-refractivity contribution in [3.05, 3.63) is 33.9 Å². The smallest absolute Gasteiger partial charge is 0.396 e. The normalized spacial score (nSPS) is 22.7. The molecule has 9 heteroatoms. The van der Waals surface area contributed by atoms with Gasteiger partial charge >= 0.3 is 6.18 Å². The van der Waals surface area contributed by atoms with Crippen molar-refractivity contribution >= 4 is 11.4 Å². The van der Waals surface area contributed by atoms with Gasteiger partial charge in [0.1, 0.15) is 5.69 Å². The molecule has 1 saturated heterocycles. The first-order valence-corrected chi connectivity index (χ1v) is 6.63. The molecule has 1 aliphatic heterocycles. The lowest BCUT2D eigenvalue weighted by Crippen LogP contribution is -2.45. The number of rotatable bonds is 3. The highest BCUT2D eigenvalue weighted by atomic mass is 19.4. The Morgan fingerprint density at radius 1 is 1.41 bits per heavy atom. The van der Waals surface area contributed by atoms with Crippen LogP contribution in [0.3, 0.4) is 0 Å². The summed E-state index contributed by atoms with van der Waals surface area (Å²) in [6, 6.07) is 2.33. The van der Waals surface area contributed by atoms with Crippen LogP contribution in [0.4, 0.5) is 24.5 Å². The van der Waals surface area contributed by atoms with Gasteiger partial charge in [0.2, 0.25) is 0 Å². The Morgan fingerprint density at radius 3 is 2.59 bits per heavy atom. The van der Waals surface area contributed by atoms with Gasteiger partial charge in [-0.3, -0.25) is 10.1 Å². The van der Waals surface area contributed by atoms with Crippen LogP contribution in [0.15, 0.2) is 18.2 Å². The second kappa shape index (κ2) is 6.09. The summed E-state index contributed by atoms with van der Waals surface area (Å²) in [5.41, 5.74) is -1.70. The van der Waals surface area contributed by atoms with E-state index < -0.39 is 28.5 Å². The van der Waals surface area contributed by atoms with Gasteiger partial charge < -0.3 is 15.1 Å². The lowest BCUT2D eigenvalue weighted by atomic mass is 9.94. The number of piperidine rings is 1. The zero-order chi connectivity index (χ0) is 16.5. The van der Waals surface area contributed by atoms with Gasteiger partial charge in [0, 0.05) is 31.7 Å². The van der Waals surface area contributed by atoms with E-state index in [1.807, 2.05) is 0 Å². The number of hydrogen-bond donors (Lipinski definition) is 2. The average molecular weight is 320 g/mol. The first-order valence-electron chi connectivity index (χ1n) is 6.63. The van der Waals surface area contributed by atoms with Gasteiger partial charge in [0.15, 0.2) is 0 Å². The summed E-state index contributed by atoms with van der Waals surface area (Å²) < 4.78 is 38.0. The molecule has 2 rings (SSSR count). The molecule has 1 heterocycles. The topological polar surface area (TPSA) is 86.8 Å². The third kappa shape index (κ3) is 3.30. The van der Waals surface area contributed by atoms with E-state index in [4.69, 9.17) is 5.11 Å². The summed E-state index contributed by atoms with van der Waals surface area (Å²) in [5, 5.41) is 30.0. The van der Waals surface area contributed by atoms with Crippen LogP contribution in [-0.4, -0.2) is 40.9 Å². The van der Waals surface area contributed by atoms with E-state index in [-0.39, 0.29) is 24.8 Å². The number of hydrogen-bond acceptors (Lipinski definition) is 5. The van der Waals surface area contributed by atoms with Gasteiger partial charge in [-0.2, -0.15) is 13.2 Å². The van der Waals surface area contributed by atoms with Crippen molar-refractivity contribution in [2.45, 2.75) is 18.7 Å². The zero-order valence-electron chi connectivity index (χ0n) is 11.5. The molecule has 2 unspecified atom stereocenters. The molecule has 0 radical (unpaired) electrons. The number of aliphatic hydroxyl groups excluding tert-OH is 2. The highest BCUT2D eigenvalue weighted by Crippen LogP contribution is 2.37. The van der Waals surface area contributed by atoms with E-state index in [0.717, 1.165) is 12.1 Å². The Labute approximate surface area is 123 Å². The van der Waals surface area contributed by atoms with Gasteiger partial charge in [0.25, 0.3) is 5.69 Å². The summed E-state index contributed by atoms with van der Waals surface area (Å²) >= 11 is 0. The highest BCUT2D eigenvalue weighted by molar-refractivity contribution is 5.65. The number of nitro benzene ring substituents is 1. The zero-order valence-corrected chi connectivity index (χ0v) is 11.5. The molecule has 0 amide bonds. The van der Waals surface area contributed by atoms with Crippen molar-refractivity contribution in [3.8, 4) is 0 Å². The van der Waals surface area contributed by atoms with E-state index in [1.54, 1.807) is 0 Å². The number of nitrogens with zero attached hydrogens (tertiary/aromatic N) is 2. The van der Waals surface area contributed by atoms with Crippen molar-refractivity contribution in [3.63, 3.8) is 0 Å². The van der Waals surface area contributed by atoms with E-state index in [1.165, 1.54) is 4.90 Å². The van der Waals surface area contributed by atoms with Crippen LogP contribution in [-0.2, 0) is 6.18 Å². The Bertz CT molecular complexity index is 565. The molecule has 6 nitrogen and oxygen atoms in total. The van der Waals surface area contributed by atoms with Crippen molar-refractivity contribution in [1.82, 2.24) is 0 Å². The van der Waals surface area contributed by atoms with E-state index >= 15 is 0 Å². The number of β-amino-alcohol motifs (C(OH)–C–C–N with tert-alkyl or cyclic N) is 1. The molecule has 0 aliphatic carbocycles. The SMILES string of the molecule is O=[N+]([O-])c1cc(C(F)(F)F)ccc1N1CCC(CO)C(O)C1. The fourth-order valence-electron chi connectivity index (χ4n) is 2.53. The predicted octanol–water partition coefficient (Wildman–Crippen LogP) is 1.79. The molecule has 1 aromatic rings. The molecule has 0 saturated carbocycles. The van der Waals surface area contributed by atoms with Gasteiger partial charge in [-0.25, -0.2) is 0 Å². The molecule has 2 atom stereocenters. The molecular formula is C13H15F3N2O4. The fraction of sp³-hybridized carbons (Fsp3) is 0.538. The number of anilines is 1. The van der Waals surface area contributed by atoms with Crippen molar-refractivity contribution in [2.24, 2.45) is 5.92 Å². The van der Waals surface area contributed by atoms with Crippen LogP contribution >= 0.6 is 0 Å². The molecular weight excluding hydrogens is 305 g/mol. The summed E-state index contributed by atoms with van der Waals surface area (Å²) in [6.07, 6.45) is -5.15. The first-order chi connectivity index (χ1) is 10.2. The molecule has 122 valence electrons. The van der Waals surface area contributed by atoms with Crippen LogP contribution in [0.2, 0.25) is 0 Å². The molecule has 1 fully saturated rings. The minimum atomic E-state index is -4.66. The summed E-state index contributed by atoms with van der Waals surface area (Å²) in [5.74, 6) is -0.329. The number of nitro groups is 1. The quantitative estimate of drug-likeness (QED) is 0.655. The van der Waals surface area contributed by atoms with Crippen molar-refractivity contribution in [2.75, 3.05) is 24.6 Å². The van der Waals surface area contributed by atoms with E-state index in [2.05, 4.69) is 0 Å². The fourth-order valence-corrected chi connectivity index (χ4v) is 2.53. The third-order valence-electron chi connectivity index (χ3n) is 3.80. The third-order valence-corrected chi connectivity index (χ3v) is 3.80. The molecule has 0 aromatic heterocycles. The van der Waals surface area contributed by atoms with Gasteiger partial charge in [-0.05, 0) is 18.6 Å². The van der Waals surface area contributed by atoms with E-state index in [9.17, 15) is 28.4 Å². The predicted molar refractivity (Wildman–Crippen MR) is 71.5 cm³/mol. The Balaban J connectivity index is 2.33. The number of benzene rings is 1. The lowest BCUT2D eigenvalue weighted by molar-refractivity contribution is -0.384. The first kappa shape index (κ1) is 16.5. The monoisotopic (exact) mass is 320 g/mol. The molecule has 1 aromatic carbocycles. The summed E-state index contributed by atoms with van der Waals surface area (Å²) in [7, 11) is 0. The van der Waals surface area contributed by atoms with Crippen molar-refractivity contribution in [1.29, 1.82) is 0 Å². The maximum Gasteiger partial charge on any atom is 0.416 e. The average Bonchev–Trinajstić information content (AvgIpc) is 2.45. The van der Waals surface area contributed by atoms with Crippen LogP contribution in [0.25, 0.3) is 0 Å². The molecule has 1 aliphatic rings. The van der Waals surface area contributed by atoms with Crippen LogP contribution in [0, 0.1) is 16.0 Å². The second-order valence-corrected chi connectivity index (χ2v) is 5.20. The second-order valence-electron chi connectivity index (χ2n) is 5.20. The highest BCUT2D eigenvalue weighted by Gasteiger charge is 2.35.